The Hall–Kier alpha value is -2.40. The second-order valence-corrected chi connectivity index (χ2v) is 6.01. The average Bonchev–Trinajstić information content (AvgIpc) is 2.58. The van der Waals surface area contributed by atoms with Crippen molar-refractivity contribution in [2.24, 2.45) is 0 Å². The van der Waals surface area contributed by atoms with E-state index >= 15 is 0 Å². The summed E-state index contributed by atoms with van der Waals surface area (Å²) in [6.45, 7) is 8.12. The first-order valence-corrected chi connectivity index (χ1v) is 8.63. The van der Waals surface area contributed by atoms with Gasteiger partial charge in [0.15, 0.2) is 0 Å². The summed E-state index contributed by atoms with van der Waals surface area (Å²) in [5.41, 5.74) is 3.52. The first-order chi connectivity index (χ1) is 12.0. The van der Waals surface area contributed by atoms with E-state index in [9.17, 15) is 4.79 Å². The standard InChI is InChI=1S/C19H24ClN3O2/c1-5-23(6-2)15-8-9-17(13(3)11-15)22-19(24)21-14-7-10-18(25-4)16(20)12-14/h7-12H,5-6H2,1-4H3,(H2,21,22,24). The van der Waals surface area contributed by atoms with Crippen LogP contribution in [0, 0.1) is 6.92 Å². The minimum Gasteiger partial charge on any atom is -0.495 e. The topological polar surface area (TPSA) is 53.6 Å². The first-order valence-electron chi connectivity index (χ1n) is 8.25. The molecule has 2 N–H and O–H groups in total. The Kier molecular flexibility index (Phi) is 6.53. The van der Waals surface area contributed by atoms with Gasteiger partial charge in [0.1, 0.15) is 5.75 Å². The van der Waals surface area contributed by atoms with E-state index in [0.29, 0.717) is 16.5 Å². The lowest BCUT2D eigenvalue weighted by molar-refractivity contribution is 0.262. The zero-order chi connectivity index (χ0) is 18.4. The molecule has 0 unspecified atom stereocenters. The normalized spacial score (nSPS) is 10.3. The second kappa shape index (κ2) is 8.62. The Morgan fingerprint density at radius 1 is 1.12 bits per heavy atom. The molecular weight excluding hydrogens is 338 g/mol. The monoisotopic (exact) mass is 361 g/mol. The van der Waals surface area contributed by atoms with E-state index in [0.717, 1.165) is 30.0 Å². The molecule has 0 aliphatic carbocycles. The Bertz CT molecular complexity index is 745. The van der Waals surface area contributed by atoms with Gasteiger partial charge in [-0.05, 0) is 62.7 Å². The molecule has 2 rings (SSSR count). The number of hydrogen-bond donors (Lipinski definition) is 2. The van der Waals surface area contributed by atoms with Crippen LogP contribution < -0.4 is 20.3 Å². The lowest BCUT2D eigenvalue weighted by atomic mass is 10.1. The van der Waals surface area contributed by atoms with Gasteiger partial charge < -0.3 is 20.3 Å². The number of nitrogens with zero attached hydrogens (tertiary/aromatic N) is 1. The molecule has 0 aliphatic heterocycles. The number of aryl methyl sites for hydroxylation is 1. The molecule has 5 nitrogen and oxygen atoms in total. The highest BCUT2D eigenvalue weighted by Gasteiger charge is 2.09. The summed E-state index contributed by atoms with van der Waals surface area (Å²) in [6, 6.07) is 10.8. The number of anilines is 3. The third kappa shape index (κ3) is 4.79. The van der Waals surface area contributed by atoms with Crippen molar-refractivity contribution < 1.29 is 9.53 Å². The molecule has 0 atom stereocenters. The molecule has 0 heterocycles. The SMILES string of the molecule is CCN(CC)c1ccc(NC(=O)Nc2ccc(OC)c(Cl)c2)c(C)c1. The van der Waals surface area contributed by atoms with E-state index in [1.807, 2.05) is 19.1 Å². The third-order valence-corrected chi connectivity index (χ3v) is 4.29. The summed E-state index contributed by atoms with van der Waals surface area (Å²) in [6.07, 6.45) is 0. The average molecular weight is 362 g/mol. The first kappa shape index (κ1) is 18.9. The summed E-state index contributed by atoms with van der Waals surface area (Å²) in [7, 11) is 1.55. The number of benzene rings is 2. The van der Waals surface area contributed by atoms with Crippen LogP contribution in [-0.2, 0) is 0 Å². The number of carbonyl (C=O) groups is 1. The van der Waals surface area contributed by atoms with E-state index in [-0.39, 0.29) is 6.03 Å². The second-order valence-electron chi connectivity index (χ2n) is 5.60. The Labute approximate surface area is 153 Å². The zero-order valence-corrected chi connectivity index (χ0v) is 15.8. The molecular formula is C19H24ClN3O2. The highest BCUT2D eigenvalue weighted by molar-refractivity contribution is 6.32. The molecule has 6 heteroatoms. The summed E-state index contributed by atoms with van der Waals surface area (Å²) < 4.78 is 5.10. The van der Waals surface area contributed by atoms with Crippen molar-refractivity contribution in [2.45, 2.75) is 20.8 Å². The van der Waals surface area contributed by atoms with Crippen molar-refractivity contribution in [2.75, 3.05) is 35.7 Å². The van der Waals surface area contributed by atoms with Crippen LogP contribution in [0.1, 0.15) is 19.4 Å². The largest absolute Gasteiger partial charge is 0.495 e. The smallest absolute Gasteiger partial charge is 0.323 e. The minimum atomic E-state index is -0.320. The highest BCUT2D eigenvalue weighted by Crippen LogP contribution is 2.27. The van der Waals surface area contributed by atoms with Gasteiger partial charge >= 0.3 is 6.03 Å². The summed E-state index contributed by atoms with van der Waals surface area (Å²) in [5.74, 6) is 0.565. The van der Waals surface area contributed by atoms with E-state index in [1.165, 1.54) is 0 Å². The predicted molar refractivity (Wildman–Crippen MR) is 105 cm³/mol. The van der Waals surface area contributed by atoms with Crippen LogP contribution in [0.2, 0.25) is 5.02 Å². The fourth-order valence-electron chi connectivity index (χ4n) is 2.60. The molecule has 0 aromatic heterocycles. The van der Waals surface area contributed by atoms with Gasteiger partial charge in [0.05, 0.1) is 12.1 Å². The van der Waals surface area contributed by atoms with Gasteiger partial charge in [-0.2, -0.15) is 0 Å². The van der Waals surface area contributed by atoms with Gasteiger partial charge in [0, 0.05) is 30.2 Å². The van der Waals surface area contributed by atoms with Crippen LogP contribution in [0.3, 0.4) is 0 Å². The number of halogens is 1. The van der Waals surface area contributed by atoms with Crippen LogP contribution in [0.4, 0.5) is 21.9 Å². The Balaban J connectivity index is 2.06. The summed E-state index contributed by atoms with van der Waals surface area (Å²) >= 11 is 6.07. The van der Waals surface area contributed by atoms with Gasteiger partial charge in [-0.15, -0.1) is 0 Å². The highest BCUT2D eigenvalue weighted by atomic mass is 35.5. The fourth-order valence-corrected chi connectivity index (χ4v) is 2.86. The van der Waals surface area contributed by atoms with E-state index in [1.54, 1.807) is 25.3 Å². The van der Waals surface area contributed by atoms with Crippen LogP contribution in [0.5, 0.6) is 5.75 Å². The van der Waals surface area contributed by atoms with Gasteiger partial charge in [0.25, 0.3) is 0 Å². The molecule has 0 spiro atoms. The Morgan fingerprint density at radius 2 is 1.84 bits per heavy atom. The van der Waals surface area contributed by atoms with Crippen molar-refractivity contribution in [3.8, 4) is 5.75 Å². The molecule has 0 saturated heterocycles. The number of carbonyl (C=O) groups excluding carboxylic acids is 1. The predicted octanol–water partition coefficient (Wildman–Crippen LogP) is 5.15. The van der Waals surface area contributed by atoms with Crippen LogP contribution in [-0.4, -0.2) is 26.2 Å². The lowest BCUT2D eigenvalue weighted by Gasteiger charge is -2.22. The van der Waals surface area contributed by atoms with Crippen molar-refractivity contribution >= 4 is 34.7 Å². The van der Waals surface area contributed by atoms with Gasteiger partial charge in [0.2, 0.25) is 0 Å². The van der Waals surface area contributed by atoms with Crippen molar-refractivity contribution in [1.29, 1.82) is 0 Å². The molecule has 0 bridgehead atoms. The van der Waals surface area contributed by atoms with Gasteiger partial charge in [-0.3, -0.25) is 0 Å². The maximum atomic E-state index is 12.2. The molecule has 0 saturated carbocycles. The lowest BCUT2D eigenvalue weighted by Crippen LogP contribution is -2.22. The third-order valence-electron chi connectivity index (χ3n) is 4.00. The summed E-state index contributed by atoms with van der Waals surface area (Å²) in [5, 5.41) is 6.08. The molecule has 2 aromatic rings. The molecule has 2 amide bonds. The molecule has 0 aliphatic rings. The maximum Gasteiger partial charge on any atom is 0.323 e. The molecule has 25 heavy (non-hydrogen) atoms. The summed E-state index contributed by atoms with van der Waals surface area (Å²) in [4.78, 5) is 14.5. The van der Waals surface area contributed by atoms with Crippen molar-refractivity contribution in [1.82, 2.24) is 0 Å². The quantitative estimate of drug-likeness (QED) is 0.748. The number of urea groups is 1. The number of ether oxygens (including phenoxy) is 1. The van der Waals surface area contributed by atoms with Gasteiger partial charge in [-0.1, -0.05) is 11.6 Å². The molecule has 2 aromatic carbocycles. The van der Waals surface area contributed by atoms with E-state index in [2.05, 4.69) is 35.4 Å². The number of amides is 2. The van der Waals surface area contributed by atoms with E-state index < -0.39 is 0 Å². The van der Waals surface area contributed by atoms with Crippen LogP contribution in [0.15, 0.2) is 36.4 Å². The van der Waals surface area contributed by atoms with Gasteiger partial charge in [-0.25, -0.2) is 4.79 Å². The molecule has 134 valence electrons. The van der Waals surface area contributed by atoms with Crippen molar-refractivity contribution in [3.63, 3.8) is 0 Å². The number of rotatable bonds is 6. The number of methoxy groups -OCH3 is 1. The number of nitrogens with one attached hydrogen (secondary N) is 2. The van der Waals surface area contributed by atoms with E-state index in [4.69, 9.17) is 16.3 Å². The zero-order valence-electron chi connectivity index (χ0n) is 15.0. The molecule has 0 radical (unpaired) electrons. The van der Waals surface area contributed by atoms with Crippen molar-refractivity contribution in [3.05, 3.63) is 47.0 Å². The number of hydrogen-bond acceptors (Lipinski definition) is 3. The fraction of sp³-hybridized carbons (Fsp3) is 0.316. The minimum absolute atomic E-state index is 0.320. The van der Waals surface area contributed by atoms with Crippen LogP contribution in [0.25, 0.3) is 0 Å². The Morgan fingerprint density at radius 3 is 2.40 bits per heavy atom. The molecule has 0 fully saturated rings. The maximum absolute atomic E-state index is 12.2. The van der Waals surface area contributed by atoms with Crippen LogP contribution >= 0.6 is 11.6 Å².